The second-order valence-electron chi connectivity index (χ2n) is 4.10. The quantitative estimate of drug-likeness (QED) is 0.879. The van der Waals surface area contributed by atoms with Crippen LogP contribution < -0.4 is 5.01 Å². The predicted octanol–water partition coefficient (Wildman–Crippen LogP) is 2.43. The van der Waals surface area contributed by atoms with Crippen molar-refractivity contribution in [2.45, 2.75) is 53.9 Å². The van der Waals surface area contributed by atoms with Crippen LogP contribution in [-0.2, 0) is 0 Å². The molecule has 0 saturated heterocycles. The SMILES string of the molecule is CC.CC.CC1=NN(c2ccccc2)C(O)C1C(C)O.O. The predicted molar refractivity (Wildman–Crippen MR) is 89.5 cm³/mol. The van der Waals surface area contributed by atoms with Crippen LogP contribution in [0.1, 0.15) is 41.5 Å². The Morgan fingerprint density at radius 3 is 1.95 bits per heavy atom. The number of rotatable bonds is 2. The van der Waals surface area contributed by atoms with Crippen LogP contribution in [0.25, 0.3) is 0 Å². The van der Waals surface area contributed by atoms with E-state index in [0.717, 1.165) is 11.4 Å². The zero-order valence-electron chi connectivity index (χ0n) is 13.9. The van der Waals surface area contributed by atoms with Gasteiger partial charge in [-0.1, -0.05) is 45.9 Å². The van der Waals surface area contributed by atoms with E-state index in [0.29, 0.717) is 0 Å². The lowest BCUT2D eigenvalue weighted by Crippen LogP contribution is -2.38. The van der Waals surface area contributed by atoms with E-state index in [1.54, 1.807) is 11.9 Å². The van der Waals surface area contributed by atoms with Crippen LogP contribution in [0.15, 0.2) is 35.4 Å². The third-order valence-corrected chi connectivity index (χ3v) is 2.86. The van der Waals surface area contributed by atoms with Crippen LogP contribution in [0.3, 0.4) is 0 Å². The van der Waals surface area contributed by atoms with E-state index in [-0.39, 0.29) is 11.4 Å². The molecule has 3 unspecified atom stereocenters. The van der Waals surface area contributed by atoms with Crippen molar-refractivity contribution in [2.75, 3.05) is 5.01 Å². The number of benzene rings is 1. The lowest BCUT2D eigenvalue weighted by molar-refractivity contribution is 0.0635. The van der Waals surface area contributed by atoms with Gasteiger partial charge in [0.15, 0.2) is 6.23 Å². The molecule has 4 N–H and O–H groups in total. The summed E-state index contributed by atoms with van der Waals surface area (Å²) in [6.45, 7) is 11.5. The molecule has 1 aliphatic rings. The second-order valence-corrected chi connectivity index (χ2v) is 4.10. The molecular formula is C16H30N2O3. The van der Waals surface area contributed by atoms with Gasteiger partial charge in [-0.3, -0.25) is 0 Å². The molecule has 3 atom stereocenters. The smallest absolute Gasteiger partial charge is 0.158 e. The highest BCUT2D eigenvalue weighted by molar-refractivity contribution is 5.89. The summed E-state index contributed by atoms with van der Waals surface area (Å²) in [5, 5.41) is 25.5. The molecule has 0 fully saturated rings. The van der Waals surface area contributed by atoms with Crippen LogP contribution in [0.2, 0.25) is 0 Å². The Labute approximate surface area is 128 Å². The molecule has 0 aromatic heterocycles. The molecule has 1 aromatic rings. The van der Waals surface area contributed by atoms with E-state index in [4.69, 9.17) is 0 Å². The summed E-state index contributed by atoms with van der Waals surface area (Å²) in [6.07, 6.45) is -1.39. The van der Waals surface area contributed by atoms with Crippen molar-refractivity contribution >= 4 is 11.4 Å². The number of aliphatic hydroxyl groups is 2. The van der Waals surface area contributed by atoms with Crippen LogP contribution in [0.4, 0.5) is 5.69 Å². The van der Waals surface area contributed by atoms with Crippen LogP contribution in [-0.4, -0.2) is 33.7 Å². The number of aliphatic hydroxyl groups excluding tert-OH is 2. The zero-order chi connectivity index (χ0) is 15.7. The van der Waals surface area contributed by atoms with Gasteiger partial charge in [0.25, 0.3) is 0 Å². The van der Waals surface area contributed by atoms with Gasteiger partial charge in [0.2, 0.25) is 0 Å². The summed E-state index contributed by atoms with van der Waals surface area (Å²) in [5.41, 5.74) is 1.59. The van der Waals surface area contributed by atoms with Gasteiger partial charge in [0.1, 0.15) is 0 Å². The van der Waals surface area contributed by atoms with Crippen molar-refractivity contribution in [1.29, 1.82) is 0 Å². The lowest BCUT2D eigenvalue weighted by atomic mass is 9.98. The first-order valence-corrected chi connectivity index (χ1v) is 7.37. The van der Waals surface area contributed by atoms with Gasteiger partial charge in [-0.2, -0.15) is 5.10 Å². The molecule has 0 bridgehead atoms. The average Bonchev–Trinajstić information content (AvgIpc) is 2.79. The normalized spacial score (nSPS) is 21.0. The van der Waals surface area contributed by atoms with Crippen molar-refractivity contribution in [2.24, 2.45) is 11.0 Å². The molecule has 0 saturated carbocycles. The number of hydrogen-bond acceptors (Lipinski definition) is 4. The zero-order valence-corrected chi connectivity index (χ0v) is 13.9. The largest absolute Gasteiger partial charge is 0.412 e. The van der Waals surface area contributed by atoms with Gasteiger partial charge < -0.3 is 15.7 Å². The summed E-state index contributed by atoms with van der Waals surface area (Å²) < 4.78 is 0. The molecule has 0 amide bonds. The van der Waals surface area contributed by atoms with Gasteiger partial charge in [0, 0.05) is 5.71 Å². The maximum atomic E-state index is 10.1. The first-order chi connectivity index (χ1) is 9.61. The average molecular weight is 298 g/mol. The van der Waals surface area contributed by atoms with Crippen molar-refractivity contribution in [1.82, 2.24) is 0 Å². The lowest BCUT2D eigenvalue weighted by Gasteiger charge is -2.24. The Bertz CT molecular complexity index is 394. The molecular weight excluding hydrogens is 268 g/mol. The molecule has 0 aliphatic carbocycles. The fourth-order valence-electron chi connectivity index (χ4n) is 2.05. The van der Waals surface area contributed by atoms with Crippen molar-refractivity contribution in [3.8, 4) is 0 Å². The standard InChI is InChI=1S/C12H16N2O2.2C2H6.H2O/c1-8-11(9(2)15)12(16)14(13-8)10-6-4-3-5-7-10;2*1-2;/h3-7,9,11-12,15-16H,1-2H3;2*1-2H3;1H2. The van der Waals surface area contributed by atoms with Crippen LogP contribution in [0.5, 0.6) is 0 Å². The van der Waals surface area contributed by atoms with Crippen molar-refractivity contribution in [3.63, 3.8) is 0 Å². The molecule has 21 heavy (non-hydrogen) atoms. The highest BCUT2D eigenvalue weighted by Crippen LogP contribution is 2.28. The summed E-state index contributed by atoms with van der Waals surface area (Å²) in [6, 6.07) is 9.45. The van der Waals surface area contributed by atoms with Gasteiger partial charge in [-0.05, 0) is 26.0 Å². The van der Waals surface area contributed by atoms with Gasteiger partial charge >= 0.3 is 0 Å². The number of hydrogen-bond donors (Lipinski definition) is 2. The third-order valence-electron chi connectivity index (χ3n) is 2.86. The summed E-state index contributed by atoms with van der Waals surface area (Å²) in [7, 11) is 0. The summed E-state index contributed by atoms with van der Waals surface area (Å²) >= 11 is 0. The fraction of sp³-hybridized carbons (Fsp3) is 0.562. The monoisotopic (exact) mass is 298 g/mol. The Hall–Kier alpha value is -1.43. The minimum atomic E-state index is -0.789. The minimum Gasteiger partial charge on any atom is -0.412 e. The van der Waals surface area contributed by atoms with Gasteiger partial charge in [-0.25, -0.2) is 5.01 Å². The van der Waals surface area contributed by atoms with E-state index >= 15 is 0 Å². The number of nitrogens with zero attached hydrogens (tertiary/aromatic N) is 2. The molecule has 1 aliphatic heterocycles. The number of anilines is 1. The van der Waals surface area contributed by atoms with E-state index in [9.17, 15) is 10.2 Å². The third kappa shape index (κ3) is 5.46. The topological polar surface area (TPSA) is 87.6 Å². The van der Waals surface area contributed by atoms with E-state index in [2.05, 4.69) is 5.10 Å². The van der Waals surface area contributed by atoms with E-state index < -0.39 is 12.3 Å². The van der Waals surface area contributed by atoms with Gasteiger partial charge in [0.05, 0.1) is 17.7 Å². The highest BCUT2D eigenvalue weighted by Gasteiger charge is 2.37. The Kier molecular flexibility index (Phi) is 11.7. The molecule has 5 nitrogen and oxygen atoms in total. The first-order valence-electron chi connectivity index (χ1n) is 7.37. The Morgan fingerprint density at radius 1 is 1.10 bits per heavy atom. The molecule has 0 radical (unpaired) electrons. The Balaban J connectivity index is 0. The molecule has 0 spiro atoms. The molecule has 122 valence electrons. The fourth-order valence-corrected chi connectivity index (χ4v) is 2.05. The van der Waals surface area contributed by atoms with Crippen LogP contribution in [0, 0.1) is 5.92 Å². The summed E-state index contributed by atoms with van der Waals surface area (Å²) in [5.74, 6) is -0.319. The minimum absolute atomic E-state index is 0. The van der Waals surface area contributed by atoms with Crippen molar-refractivity contribution < 1.29 is 15.7 Å². The number of hydrazone groups is 1. The Morgan fingerprint density at radius 2 is 1.57 bits per heavy atom. The molecule has 1 heterocycles. The second kappa shape index (κ2) is 11.3. The number of para-hydroxylation sites is 1. The first kappa shape index (κ1) is 21.9. The molecule has 5 heteroatoms. The van der Waals surface area contributed by atoms with Crippen molar-refractivity contribution in [3.05, 3.63) is 30.3 Å². The van der Waals surface area contributed by atoms with Crippen LogP contribution >= 0.6 is 0 Å². The van der Waals surface area contributed by atoms with Gasteiger partial charge in [-0.15, -0.1) is 0 Å². The molecule has 2 rings (SSSR count). The maximum Gasteiger partial charge on any atom is 0.158 e. The summed E-state index contributed by atoms with van der Waals surface area (Å²) in [4.78, 5) is 0. The molecule has 1 aromatic carbocycles. The van der Waals surface area contributed by atoms with E-state index in [1.165, 1.54) is 0 Å². The highest BCUT2D eigenvalue weighted by atomic mass is 16.3. The van der Waals surface area contributed by atoms with E-state index in [1.807, 2.05) is 65.0 Å². The maximum absolute atomic E-state index is 10.1.